The maximum Gasteiger partial charge on any atom is 0.165 e. The van der Waals surface area contributed by atoms with Crippen LogP contribution in [0.3, 0.4) is 0 Å². The van der Waals surface area contributed by atoms with Crippen LogP contribution >= 0.6 is 0 Å². The van der Waals surface area contributed by atoms with Crippen LogP contribution in [0.2, 0.25) is 0 Å². The summed E-state index contributed by atoms with van der Waals surface area (Å²) in [6.07, 6.45) is 12.2. The fourth-order valence-corrected chi connectivity index (χ4v) is 3.17. The van der Waals surface area contributed by atoms with Gasteiger partial charge in [0.05, 0.1) is 0 Å². The number of Topliss-reactive ketones (excluding diaryl/α,β-unsaturated/α-hetero) is 1. The second-order valence-corrected chi connectivity index (χ2v) is 6.21. The van der Waals surface area contributed by atoms with Crippen LogP contribution in [0.5, 0.6) is 0 Å². The molecular weight excluding hydrogens is 244 g/mol. The number of aryl methyl sites for hydroxylation is 1. The van der Waals surface area contributed by atoms with Crippen LogP contribution in [0.4, 0.5) is 0 Å². The standard InChI is InChI=1S/C19H28O/c1-2-3-9-16-12-14-18(15-13-16)19(20)17-10-7-5-4-6-8-11-17/h12-15,17H,2-11H2,1H3. The Bertz CT molecular complexity index is 396. The van der Waals surface area contributed by atoms with Crippen molar-refractivity contribution in [1.29, 1.82) is 0 Å². The second-order valence-electron chi connectivity index (χ2n) is 6.21. The van der Waals surface area contributed by atoms with Crippen LogP contribution in [-0.2, 0) is 6.42 Å². The van der Waals surface area contributed by atoms with E-state index in [0.717, 1.165) is 24.8 Å². The minimum atomic E-state index is 0.275. The summed E-state index contributed by atoms with van der Waals surface area (Å²) in [5.41, 5.74) is 2.29. The van der Waals surface area contributed by atoms with Crippen molar-refractivity contribution in [2.24, 2.45) is 5.92 Å². The third-order valence-electron chi connectivity index (χ3n) is 4.53. The molecule has 0 spiro atoms. The number of ketones is 1. The Morgan fingerprint density at radius 3 is 2.20 bits per heavy atom. The quantitative estimate of drug-likeness (QED) is 0.640. The summed E-state index contributed by atoms with van der Waals surface area (Å²) in [6, 6.07) is 8.38. The first-order valence-corrected chi connectivity index (χ1v) is 8.44. The van der Waals surface area contributed by atoms with E-state index in [2.05, 4.69) is 19.1 Å². The van der Waals surface area contributed by atoms with E-state index in [4.69, 9.17) is 0 Å². The summed E-state index contributed by atoms with van der Waals surface area (Å²) in [5, 5.41) is 0. The molecule has 1 fully saturated rings. The second kappa shape index (κ2) is 8.24. The van der Waals surface area contributed by atoms with Gasteiger partial charge < -0.3 is 0 Å². The average Bonchev–Trinajstić information content (AvgIpc) is 2.45. The van der Waals surface area contributed by atoms with E-state index in [-0.39, 0.29) is 5.92 Å². The predicted octanol–water partition coefficient (Wildman–Crippen LogP) is 5.57. The lowest BCUT2D eigenvalue weighted by Crippen LogP contribution is -2.16. The Morgan fingerprint density at radius 2 is 1.60 bits per heavy atom. The fourth-order valence-electron chi connectivity index (χ4n) is 3.17. The number of hydrogen-bond donors (Lipinski definition) is 0. The van der Waals surface area contributed by atoms with Gasteiger partial charge in [-0.15, -0.1) is 0 Å². The van der Waals surface area contributed by atoms with Gasteiger partial charge in [-0.25, -0.2) is 0 Å². The highest BCUT2D eigenvalue weighted by molar-refractivity contribution is 5.97. The SMILES string of the molecule is CCCCc1ccc(C(=O)C2CCCCCCC2)cc1. The van der Waals surface area contributed by atoms with Crippen molar-refractivity contribution in [1.82, 2.24) is 0 Å². The number of benzene rings is 1. The van der Waals surface area contributed by atoms with Gasteiger partial charge in [-0.1, -0.05) is 69.7 Å². The molecule has 1 aromatic rings. The summed E-state index contributed by atoms with van der Waals surface area (Å²) in [4.78, 5) is 12.6. The number of rotatable bonds is 5. The Labute approximate surface area is 123 Å². The molecular formula is C19H28O. The Balaban J connectivity index is 1.96. The fraction of sp³-hybridized carbons (Fsp3) is 0.632. The molecule has 0 unspecified atom stereocenters. The zero-order valence-corrected chi connectivity index (χ0v) is 12.9. The lowest BCUT2D eigenvalue weighted by atomic mass is 9.85. The Hall–Kier alpha value is -1.11. The van der Waals surface area contributed by atoms with Crippen molar-refractivity contribution in [2.45, 2.75) is 71.1 Å². The van der Waals surface area contributed by atoms with Crippen LogP contribution in [-0.4, -0.2) is 5.78 Å². The summed E-state index contributed by atoms with van der Waals surface area (Å²) in [7, 11) is 0. The first-order chi connectivity index (χ1) is 9.81. The largest absolute Gasteiger partial charge is 0.294 e. The summed E-state index contributed by atoms with van der Waals surface area (Å²) in [6.45, 7) is 2.21. The number of unbranched alkanes of at least 4 members (excludes halogenated alkanes) is 1. The van der Waals surface area contributed by atoms with Crippen LogP contribution in [0, 0.1) is 5.92 Å². The first kappa shape index (κ1) is 15.3. The van der Waals surface area contributed by atoms with Gasteiger partial charge in [0.25, 0.3) is 0 Å². The van der Waals surface area contributed by atoms with Gasteiger partial charge in [0, 0.05) is 11.5 Å². The molecule has 1 nitrogen and oxygen atoms in total. The van der Waals surface area contributed by atoms with E-state index in [0.29, 0.717) is 5.78 Å². The minimum absolute atomic E-state index is 0.275. The maximum absolute atomic E-state index is 12.6. The van der Waals surface area contributed by atoms with Crippen LogP contribution < -0.4 is 0 Å². The van der Waals surface area contributed by atoms with Crippen molar-refractivity contribution in [3.63, 3.8) is 0 Å². The third-order valence-corrected chi connectivity index (χ3v) is 4.53. The molecule has 1 aliphatic rings. The molecule has 1 heteroatoms. The highest BCUT2D eigenvalue weighted by Gasteiger charge is 2.20. The molecule has 0 radical (unpaired) electrons. The van der Waals surface area contributed by atoms with E-state index in [1.807, 2.05) is 12.1 Å². The third kappa shape index (κ3) is 4.47. The Kier molecular flexibility index (Phi) is 6.29. The van der Waals surface area contributed by atoms with Crippen molar-refractivity contribution in [2.75, 3.05) is 0 Å². The molecule has 0 amide bonds. The van der Waals surface area contributed by atoms with E-state index in [1.54, 1.807) is 0 Å². The molecule has 1 aliphatic carbocycles. The molecule has 1 saturated carbocycles. The van der Waals surface area contributed by atoms with Gasteiger partial charge in [-0.2, -0.15) is 0 Å². The zero-order valence-electron chi connectivity index (χ0n) is 12.9. The maximum atomic E-state index is 12.6. The van der Waals surface area contributed by atoms with E-state index < -0.39 is 0 Å². The molecule has 0 aliphatic heterocycles. The van der Waals surface area contributed by atoms with Gasteiger partial charge in [0.15, 0.2) is 5.78 Å². The minimum Gasteiger partial charge on any atom is -0.294 e. The molecule has 0 N–H and O–H groups in total. The van der Waals surface area contributed by atoms with Crippen LogP contribution in [0.1, 0.15) is 80.6 Å². The van der Waals surface area contributed by atoms with Gasteiger partial charge in [-0.3, -0.25) is 4.79 Å². The van der Waals surface area contributed by atoms with Crippen molar-refractivity contribution < 1.29 is 4.79 Å². The molecule has 20 heavy (non-hydrogen) atoms. The zero-order chi connectivity index (χ0) is 14.2. The van der Waals surface area contributed by atoms with E-state index >= 15 is 0 Å². The van der Waals surface area contributed by atoms with E-state index in [1.165, 1.54) is 50.5 Å². The molecule has 1 aromatic carbocycles. The van der Waals surface area contributed by atoms with E-state index in [9.17, 15) is 4.79 Å². The van der Waals surface area contributed by atoms with Gasteiger partial charge in [-0.05, 0) is 31.2 Å². The van der Waals surface area contributed by atoms with Gasteiger partial charge in [0.2, 0.25) is 0 Å². The van der Waals surface area contributed by atoms with Crippen molar-refractivity contribution in [3.05, 3.63) is 35.4 Å². The van der Waals surface area contributed by atoms with Crippen molar-refractivity contribution >= 4 is 5.78 Å². The smallest absolute Gasteiger partial charge is 0.165 e. The monoisotopic (exact) mass is 272 g/mol. The Morgan fingerprint density at radius 1 is 1.00 bits per heavy atom. The van der Waals surface area contributed by atoms with Gasteiger partial charge >= 0.3 is 0 Å². The highest BCUT2D eigenvalue weighted by Crippen LogP contribution is 2.25. The van der Waals surface area contributed by atoms with Crippen LogP contribution in [0.25, 0.3) is 0 Å². The average molecular weight is 272 g/mol. The van der Waals surface area contributed by atoms with Gasteiger partial charge in [0.1, 0.15) is 0 Å². The lowest BCUT2D eigenvalue weighted by Gasteiger charge is -2.18. The number of hydrogen-bond acceptors (Lipinski definition) is 1. The number of carbonyl (C=O) groups is 1. The normalized spacial score (nSPS) is 17.4. The molecule has 0 aromatic heterocycles. The first-order valence-electron chi connectivity index (χ1n) is 8.44. The molecule has 0 saturated heterocycles. The predicted molar refractivity (Wildman–Crippen MR) is 85.2 cm³/mol. The molecule has 0 heterocycles. The lowest BCUT2D eigenvalue weighted by molar-refractivity contribution is 0.0898. The molecule has 0 bridgehead atoms. The molecule has 110 valence electrons. The number of carbonyl (C=O) groups excluding carboxylic acids is 1. The van der Waals surface area contributed by atoms with Crippen LogP contribution in [0.15, 0.2) is 24.3 Å². The summed E-state index contributed by atoms with van der Waals surface area (Å²) in [5.74, 6) is 0.658. The highest BCUT2D eigenvalue weighted by atomic mass is 16.1. The summed E-state index contributed by atoms with van der Waals surface area (Å²) < 4.78 is 0. The topological polar surface area (TPSA) is 17.1 Å². The summed E-state index contributed by atoms with van der Waals surface area (Å²) >= 11 is 0. The van der Waals surface area contributed by atoms with Crippen molar-refractivity contribution in [3.8, 4) is 0 Å². The molecule has 2 rings (SSSR count). The molecule has 0 atom stereocenters.